The Hall–Kier alpha value is -3.45. The average Bonchev–Trinajstić information content (AvgIpc) is 3.47. The van der Waals surface area contributed by atoms with E-state index in [1.807, 2.05) is 18.9 Å². The van der Waals surface area contributed by atoms with E-state index in [4.69, 9.17) is 9.84 Å². The van der Waals surface area contributed by atoms with E-state index < -0.39 is 28.1 Å². The Morgan fingerprint density at radius 2 is 1.93 bits per heavy atom. The number of sulfonamides is 1. The van der Waals surface area contributed by atoms with Gasteiger partial charge >= 0.3 is 5.97 Å². The molecule has 0 spiro atoms. The second kappa shape index (κ2) is 12.4. The van der Waals surface area contributed by atoms with Gasteiger partial charge in [-0.15, -0.1) is 11.3 Å². The van der Waals surface area contributed by atoms with Gasteiger partial charge in [-0.25, -0.2) is 13.2 Å². The number of hydrogen-bond donors (Lipinski definition) is 3. The van der Waals surface area contributed by atoms with Crippen molar-refractivity contribution in [1.82, 2.24) is 9.80 Å². The topological polar surface area (TPSA) is 136 Å². The number of aliphatic hydroxyl groups excluding tert-OH is 1. The lowest BCUT2D eigenvalue weighted by atomic mass is 9.99. The lowest BCUT2D eigenvalue weighted by Crippen LogP contribution is -2.49. The minimum absolute atomic E-state index is 0.136. The number of amides is 1. The number of nitrogens with zero attached hydrogens (tertiary/aromatic N) is 2. The van der Waals surface area contributed by atoms with Crippen LogP contribution in [0.4, 0.5) is 5.69 Å². The van der Waals surface area contributed by atoms with Crippen molar-refractivity contribution in [3.05, 3.63) is 76.7 Å². The number of nitrogens with one attached hydrogen (secondary N) is 1. The first kappa shape index (κ1) is 29.5. The molecule has 0 fully saturated rings. The van der Waals surface area contributed by atoms with E-state index in [1.54, 1.807) is 65.7 Å². The summed E-state index contributed by atoms with van der Waals surface area (Å²) >= 11 is 1.08. The van der Waals surface area contributed by atoms with Gasteiger partial charge in [0, 0.05) is 25.6 Å². The summed E-state index contributed by atoms with van der Waals surface area (Å²) in [5.41, 5.74) is 1.49. The minimum Gasteiger partial charge on any atom is -0.486 e. The van der Waals surface area contributed by atoms with Crippen molar-refractivity contribution in [3.63, 3.8) is 0 Å². The van der Waals surface area contributed by atoms with Gasteiger partial charge in [0.15, 0.2) is 5.75 Å². The van der Waals surface area contributed by atoms with Gasteiger partial charge in [0.1, 0.15) is 10.3 Å². The lowest BCUT2D eigenvalue weighted by Gasteiger charge is -2.38. The van der Waals surface area contributed by atoms with Crippen LogP contribution in [0.5, 0.6) is 5.75 Å². The summed E-state index contributed by atoms with van der Waals surface area (Å²) in [7, 11) is -2.00. The van der Waals surface area contributed by atoms with E-state index in [2.05, 4.69) is 4.72 Å². The molecule has 1 aliphatic rings. The van der Waals surface area contributed by atoms with Crippen molar-refractivity contribution in [2.75, 3.05) is 31.5 Å². The molecular formula is C28H33N3O7S2. The number of likely N-dealkylation sites (N-methyl/N-ethyl adjacent to an activating group) is 1. The van der Waals surface area contributed by atoms with Crippen LogP contribution in [-0.2, 0) is 16.6 Å². The molecule has 1 aliphatic heterocycles. The molecule has 3 atom stereocenters. The van der Waals surface area contributed by atoms with Crippen molar-refractivity contribution in [2.24, 2.45) is 5.92 Å². The van der Waals surface area contributed by atoms with Crippen molar-refractivity contribution in [3.8, 4) is 5.75 Å². The third-order valence-electron chi connectivity index (χ3n) is 6.84. The monoisotopic (exact) mass is 587 g/mol. The van der Waals surface area contributed by atoms with Crippen molar-refractivity contribution in [1.29, 1.82) is 0 Å². The normalized spacial score (nSPS) is 18.4. The maximum absolute atomic E-state index is 13.6. The fourth-order valence-corrected chi connectivity index (χ4v) is 6.64. The van der Waals surface area contributed by atoms with Crippen LogP contribution in [0, 0.1) is 5.92 Å². The van der Waals surface area contributed by atoms with Crippen LogP contribution in [-0.4, -0.2) is 79.2 Å². The first-order valence-electron chi connectivity index (χ1n) is 12.8. The summed E-state index contributed by atoms with van der Waals surface area (Å²) in [5.74, 6) is -1.38. The molecule has 1 aromatic heterocycles. The predicted octanol–water partition coefficient (Wildman–Crippen LogP) is 3.60. The molecule has 3 aromatic rings. The summed E-state index contributed by atoms with van der Waals surface area (Å²) in [5, 5.41) is 20.7. The molecule has 0 aliphatic carbocycles. The highest BCUT2D eigenvalue weighted by molar-refractivity contribution is 7.94. The molecule has 1 amide bonds. The third kappa shape index (κ3) is 6.64. The van der Waals surface area contributed by atoms with E-state index in [1.165, 1.54) is 6.07 Å². The standard InChI is InChI=1S/C28H33N3O7S2/c1-18-14-31(19(2)17-32)27(33)22-6-4-7-23(29-40(36,37)25-8-5-13-39-25)26(22)38-24(18)16-30(3)15-20-9-11-21(12-10-20)28(34)35/h4-13,18-19,24,29,32H,14-17H2,1-3H3,(H,34,35)/t18-,19+,24+/m0/s1. The Morgan fingerprint density at radius 1 is 1.20 bits per heavy atom. The number of anilines is 1. The lowest BCUT2D eigenvalue weighted by molar-refractivity contribution is 0.0344. The van der Waals surface area contributed by atoms with Gasteiger partial charge in [0.2, 0.25) is 0 Å². The van der Waals surface area contributed by atoms with E-state index in [9.17, 15) is 23.1 Å². The highest BCUT2D eigenvalue weighted by Gasteiger charge is 2.35. The zero-order chi connectivity index (χ0) is 29.0. The SMILES string of the molecule is C[C@H](CO)N1C[C@H](C)[C@@H](CN(C)Cc2ccc(C(=O)O)cc2)Oc2c(NS(=O)(=O)c3cccs3)cccc2C1=O. The molecule has 0 radical (unpaired) electrons. The van der Waals surface area contributed by atoms with Gasteiger partial charge < -0.3 is 19.8 Å². The first-order chi connectivity index (χ1) is 19.0. The van der Waals surface area contributed by atoms with Gasteiger partial charge in [-0.2, -0.15) is 0 Å². The average molecular weight is 588 g/mol. The number of carboxylic acid groups (broad SMARTS) is 1. The fourth-order valence-electron chi connectivity index (χ4n) is 4.59. The van der Waals surface area contributed by atoms with E-state index in [0.29, 0.717) is 19.6 Å². The number of para-hydroxylation sites is 1. The van der Waals surface area contributed by atoms with Gasteiger partial charge in [-0.05, 0) is 55.2 Å². The third-order valence-corrected chi connectivity index (χ3v) is 9.60. The second-order valence-electron chi connectivity index (χ2n) is 10.0. The first-order valence-corrected chi connectivity index (χ1v) is 15.1. The van der Waals surface area contributed by atoms with Gasteiger partial charge in [-0.1, -0.05) is 31.2 Å². The van der Waals surface area contributed by atoms with Crippen molar-refractivity contribution >= 4 is 38.9 Å². The Morgan fingerprint density at radius 3 is 2.55 bits per heavy atom. The number of fused-ring (bicyclic) bond motifs is 1. The van der Waals surface area contributed by atoms with Crippen LogP contribution in [0.25, 0.3) is 0 Å². The zero-order valence-corrected chi connectivity index (χ0v) is 24.1. The summed E-state index contributed by atoms with van der Waals surface area (Å²) in [6, 6.07) is 14.1. The van der Waals surface area contributed by atoms with Crippen LogP contribution < -0.4 is 9.46 Å². The molecule has 214 valence electrons. The number of carbonyl (C=O) groups is 2. The molecular weight excluding hydrogens is 554 g/mol. The molecule has 0 saturated heterocycles. The number of aromatic carboxylic acids is 1. The van der Waals surface area contributed by atoms with E-state index in [0.717, 1.165) is 16.9 Å². The molecule has 0 saturated carbocycles. The molecule has 2 aromatic carbocycles. The molecule has 2 heterocycles. The summed E-state index contributed by atoms with van der Waals surface area (Å²) in [6.45, 7) is 4.77. The quantitative estimate of drug-likeness (QED) is 0.327. The van der Waals surface area contributed by atoms with Crippen LogP contribution in [0.1, 0.15) is 40.1 Å². The van der Waals surface area contributed by atoms with Crippen LogP contribution >= 0.6 is 11.3 Å². The number of rotatable bonds is 10. The number of benzene rings is 2. The van der Waals surface area contributed by atoms with Crippen molar-refractivity contribution in [2.45, 2.75) is 36.7 Å². The van der Waals surface area contributed by atoms with Crippen molar-refractivity contribution < 1.29 is 33.0 Å². The molecule has 0 bridgehead atoms. The molecule has 4 rings (SSSR count). The number of aliphatic hydroxyl groups is 1. The molecule has 40 heavy (non-hydrogen) atoms. The van der Waals surface area contributed by atoms with Crippen LogP contribution in [0.2, 0.25) is 0 Å². The maximum atomic E-state index is 13.6. The number of carbonyl (C=O) groups excluding carboxylic acids is 1. The number of ether oxygens (including phenoxy) is 1. The zero-order valence-electron chi connectivity index (χ0n) is 22.5. The fraction of sp³-hybridized carbons (Fsp3) is 0.357. The Labute approximate surface area is 237 Å². The van der Waals surface area contributed by atoms with Crippen LogP contribution in [0.3, 0.4) is 0 Å². The molecule has 3 N–H and O–H groups in total. The Balaban J connectivity index is 1.66. The number of hydrogen-bond acceptors (Lipinski definition) is 8. The maximum Gasteiger partial charge on any atom is 0.335 e. The number of carboxylic acids is 1. The smallest absolute Gasteiger partial charge is 0.335 e. The second-order valence-corrected chi connectivity index (χ2v) is 12.9. The highest BCUT2D eigenvalue weighted by atomic mass is 32.2. The van der Waals surface area contributed by atoms with Gasteiger partial charge in [0.05, 0.1) is 29.5 Å². The van der Waals surface area contributed by atoms with Crippen LogP contribution in [0.15, 0.2) is 64.2 Å². The molecule has 12 heteroatoms. The molecule has 0 unspecified atom stereocenters. The summed E-state index contributed by atoms with van der Waals surface area (Å²) in [4.78, 5) is 28.4. The summed E-state index contributed by atoms with van der Waals surface area (Å²) in [6.07, 6.45) is -0.448. The molecule has 10 nitrogen and oxygen atoms in total. The highest BCUT2D eigenvalue weighted by Crippen LogP contribution is 2.36. The van der Waals surface area contributed by atoms with Gasteiger partial charge in [-0.3, -0.25) is 14.4 Å². The van der Waals surface area contributed by atoms with E-state index >= 15 is 0 Å². The number of thiophene rings is 1. The largest absolute Gasteiger partial charge is 0.486 e. The van der Waals surface area contributed by atoms with Gasteiger partial charge in [0.25, 0.3) is 15.9 Å². The summed E-state index contributed by atoms with van der Waals surface area (Å²) < 4.78 is 35.3. The Bertz CT molecular complexity index is 1440. The minimum atomic E-state index is -3.91. The predicted molar refractivity (Wildman–Crippen MR) is 152 cm³/mol. The van der Waals surface area contributed by atoms with E-state index in [-0.39, 0.29) is 45.2 Å². The Kier molecular flexibility index (Phi) is 9.14.